The highest BCUT2D eigenvalue weighted by atomic mass is 19.1. The third-order valence-corrected chi connectivity index (χ3v) is 3.19. The molecule has 1 aromatic carbocycles. The fraction of sp³-hybridized carbons (Fsp3) is 0.462. The normalized spacial score (nSPS) is 18.3. The molecule has 0 amide bonds. The van der Waals surface area contributed by atoms with Gasteiger partial charge in [-0.1, -0.05) is 0 Å². The van der Waals surface area contributed by atoms with E-state index in [4.69, 9.17) is 5.26 Å². The Morgan fingerprint density at radius 1 is 1.33 bits per heavy atom. The van der Waals surface area contributed by atoms with Gasteiger partial charge in [-0.2, -0.15) is 5.26 Å². The lowest BCUT2D eigenvalue weighted by molar-refractivity contribution is 0.172. The van der Waals surface area contributed by atoms with Gasteiger partial charge >= 0.3 is 0 Å². The zero-order chi connectivity index (χ0) is 13.0. The molecule has 0 bridgehead atoms. The molecule has 0 aromatic heterocycles. The van der Waals surface area contributed by atoms with Crippen LogP contribution in [0.15, 0.2) is 18.2 Å². The van der Waals surface area contributed by atoms with E-state index in [1.807, 2.05) is 4.90 Å². The predicted molar refractivity (Wildman–Crippen MR) is 63.8 cm³/mol. The Hall–Kier alpha value is -1.51. The second kappa shape index (κ2) is 5.89. The summed E-state index contributed by atoms with van der Waals surface area (Å²) in [6, 6.07) is 5.10. The molecule has 1 heterocycles. The third kappa shape index (κ3) is 2.84. The van der Waals surface area contributed by atoms with Crippen LogP contribution in [0.2, 0.25) is 0 Å². The van der Waals surface area contributed by atoms with E-state index in [9.17, 15) is 8.78 Å². The Morgan fingerprint density at radius 2 is 2.06 bits per heavy atom. The van der Waals surface area contributed by atoms with E-state index in [0.717, 1.165) is 38.3 Å². The number of nitrogens with one attached hydrogen (secondary N) is 1. The maximum Gasteiger partial charge on any atom is 0.128 e. The molecule has 0 spiro atoms. The van der Waals surface area contributed by atoms with Gasteiger partial charge < -0.3 is 5.32 Å². The average Bonchev–Trinajstić information content (AvgIpc) is 2.40. The second-order valence-electron chi connectivity index (χ2n) is 4.33. The molecular formula is C13H15F2N3. The maximum atomic E-state index is 13.8. The van der Waals surface area contributed by atoms with Crippen LogP contribution in [0.25, 0.3) is 0 Å². The highest BCUT2D eigenvalue weighted by molar-refractivity contribution is 5.23. The van der Waals surface area contributed by atoms with E-state index < -0.39 is 11.6 Å². The largest absolute Gasteiger partial charge is 0.314 e. The predicted octanol–water partition coefficient (Wildman–Crippen LogP) is 1.82. The van der Waals surface area contributed by atoms with E-state index in [2.05, 4.69) is 11.4 Å². The number of hydrogen-bond acceptors (Lipinski definition) is 3. The molecule has 2 rings (SSSR count). The van der Waals surface area contributed by atoms with E-state index in [1.54, 1.807) is 0 Å². The molecule has 3 nitrogen and oxygen atoms in total. The smallest absolute Gasteiger partial charge is 0.128 e. The summed E-state index contributed by atoms with van der Waals surface area (Å²) in [6.45, 7) is 3.09. The van der Waals surface area contributed by atoms with Gasteiger partial charge in [0.25, 0.3) is 0 Å². The first-order valence-corrected chi connectivity index (χ1v) is 5.99. The van der Waals surface area contributed by atoms with Crippen LogP contribution < -0.4 is 5.32 Å². The molecule has 1 saturated heterocycles. The van der Waals surface area contributed by atoms with Gasteiger partial charge in [0, 0.05) is 31.7 Å². The van der Waals surface area contributed by atoms with Crippen molar-refractivity contribution in [2.45, 2.75) is 12.5 Å². The van der Waals surface area contributed by atoms with E-state index in [0.29, 0.717) is 0 Å². The zero-order valence-electron chi connectivity index (χ0n) is 10.00. The van der Waals surface area contributed by atoms with Crippen molar-refractivity contribution in [1.29, 1.82) is 5.26 Å². The summed E-state index contributed by atoms with van der Waals surface area (Å²) < 4.78 is 27.0. The molecule has 96 valence electrons. The van der Waals surface area contributed by atoms with Crippen molar-refractivity contribution in [2.75, 3.05) is 26.2 Å². The topological polar surface area (TPSA) is 39.1 Å². The van der Waals surface area contributed by atoms with Gasteiger partial charge in [0.15, 0.2) is 0 Å². The van der Waals surface area contributed by atoms with Crippen LogP contribution in [0.4, 0.5) is 8.78 Å². The van der Waals surface area contributed by atoms with E-state index in [-0.39, 0.29) is 18.0 Å². The van der Waals surface area contributed by atoms with Crippen molar-refractivity contribution in [3.05, 3.63) is 35.4 Å². The van der Waals surface area contributed by atoms with Crippen molar-refractivity contribution >= 4 is 0 Å². The molecule has 0 radical (unpaired) electrons. The monoisotopic (exact) mass is 251 g/mol. The summed E-state index contributed by atoms with van der Waals surface area (Å²) in [6.07, 6.45) is 0.167. The lowest BCUT2D eigenvalue weighted by Crippen LogP contribution is -2.45. The fourth-order valence-electron chi connectivity index (χ4n) is 2.29. The van der Waals surface area contributed by atoms with Gasteiger partial charge in [-0.05, 0) is 18.2 Å². The lowest BCUT2D eigenvalue weighted by Gasteiger charge is -2.34. The molecule has 1 aliphatic heterocycles. The molecule has 18 heavy (non-hydrogen) atoms. The van der Waals surface area contributed by atoms with Crippen molar-refractivity contribution < 1.29 is 8.78 Å². The summed E-state index contributed by atoms with van der Waals surface area (Å²) in [5.41, 5.74) is 0.276. The summed E-state index contributed by atoms with van der Waals surface area (Å²) in [5.74, 6) is -0.917. The molecule has 0 unspecified atom stereocenters. The highest BCUT2D eigenvalue weighted by Gasteiger charge is 2.24. The minimum absolute atomic E-state index is 0.167. The zero-order valence-corrected chi connectivity index (χ0v) is 10.00. The number of nitriles is 1. The Bertz CT molecular complexity index is 450. The van der Waals surface area contributed by atoms with Gasteiger partial charge in [0.2, 0.25) is 0 Å². The standard InChI is InChI=1S/C13H15F2N3/c14-10-1-2-12(15)11(9-10)13(3-4-16)18-7-5-17-6-8-18/h1-2,9,13,17H,3,5-8H2/t13-/m1/s1. The molecule has 1 atom stereocenters. The Labute approximate surface area is 105 Å². The minimum Gasteiger partial charge on any atom is -0.314 e. The quantitative estimate of drug-likeness (QED) is 0.890. The SMILES string of the molecule is N#CC[C@H](c1cc(F)ccc1F)N1CCNCC1. The Morgan fingerprint density at radius 3 is 2.72 bits per heavy atom. The van der Waals surface area contributed by atoms with Gasteiger partial charge in [0.1, 0.15) is 11.6 Å². The van der Waals surface area contributed by atoms with Crippen LogP contribution in [0, 0.1) is 23.0 Å². The van der Waals surface area contributed by atoms with Crippen LogP contribution in [-0.2, 0) is 0 Å². The lowest BCUT2D eigenvalue weighted by atomic mass is 10.0. The van der Waals surface area contributed by atoms with Crippen molar-refractivity contribution in [3.63, 3.8) is 0 Å². The van der Waals surface area contributed by atoms with Gasteiger partial charge in [0.05, 0.1) is 18.5 Å². The number of hydrogen-bond donors (Lipinski definition) is 1. The first kappa shape index (κ1) is 12.9. The molecule has 1 aromatic rings. The van der Waals surface area contributed by atoms with Gasteiger partial charge in [-0.25, -0.2) is 8.78 Å². The third-order valence-electron chi connectivity index (χ3n) is 3.19. The van der Waals surface area contributed by atoms with Crippen LogP contribution in [-0.4, -0.2) is 31.1 Å². The summed E-state index contributed by atoms with van der Waals surface area (Å²) in [4.78, 5) is 2.03. The van der Waals surface area contributed by atoms with E-state index in [1.165, 1.54) is 6.07 Å². The summed E-state index contributed by atoms with van der Waals surface area (Å²) in [7, 11) is 0. The van der Waals surface area contributed by atoms with Gasteiger partial charge in [-0.3, -0.25) is 4.90 Å². The van der Waals surface area contributed by atoms with Crippen molar-refractivity contribution in [1.82, 2.24) is 10.2 Å². The van der Waals surface area contributed by atoms with E-state index >= 15 is 0 Å². The van der Waals surface area contributed by atoms with Crippen LogP contribution >= 0.6 is 0 Å². The maximum absolute atomic E-state index is 13.8. The molecule has 1 fully saturated rings. The Kier molecular flexibility index (Phi) is 4.24. The van der Waals surface area contributed by atoms with Crippen LogP contribution in [0.3, 0.4) is 0 Å². The summed E-state index contributed by atoms with van der Waals surface area (Å²) in [5, 5.41) is 12.1. The molecule has 5 heteroatoms. The summed E-state index contributed by atoms with van der Waals surface area (Å²) >= 11 is 0. The molecule has 0 saturated carbocycles. The minimum atomic E-state index is -0.468. The molecule has 1 N–H and O–H groups in total. The van der Waals surface area contributed by atoms with Crippen LogP contribution in [0.5, 0.6) is 0 Å². The number of piperazine rings is 1. The van der Waals surface area contributed by atoms with Crippen LogP contribution in [0.1, 0.15) is 18.0 Å². The Balaban J connectivity index is 2.28. The van der Waals surface area contributed by atoms with Gasteiger partial charge in [-0.15, -0.1) is 0 Å². The molecule has 0 aliphatic carbocycles. The molecule has 1 aliphatic rings. The van der Waals surface area contributed by atoms with Crippen molar-refractivity contribution in [2.24, 2.45) is 0 Å². The average molecular weight is 251 g/mol. The number of rotatable bonds is 3. The van der Waals surface area contributed by atoms with Crippen molar-refractivity contribution in [3.8, 4) is 6.07 Å². The molecular weight excluding hydrogens is 236 g/mol. The number of benzene rings is 1. The fourth-order valence-corrected chi connectivity index (χ4v) is 2.29. The highest BCUT2D eigenvalue weighted by Crippen LogP contribution is 2.27. The first-order valence-electron chi connectivity index (χ1n) is 5.99. The number of halogens is 2. The first-order chi connectivity index (χ1) is 8.72. The number of nitrogens with zero attached hydrogens (tertiary/aromatic N) is 2. The second-order valence-corrected chi connectivity index (χ2v) is 4.33.